The zero-order valence-corrected chi connectivity index (χ0v) is 16.3. The second kappa shape index (κ2) is 7.73. The molecule has 1 saturated heterocycles. The molecule has 31 heavy (non-hydrogen) atoms. The van der Waals surface area contributed by atoms with Crippen LogP contribution in [0.3, 0.4) is 0 Å². The number of aromatic nitrogens is 3. The standard InChI is InChI=1S/C17H21N7O7/c1-23-14-10-6(13(19)22-23)3-24(15(10)21-5-20-14)16-12(27)11(26)8(31-16)4-30-9(25)2-7(18)17(28)29/h3,5,7-8,11-12,16,26-27H,2,4,18H2,1H3,(H2,19,22)(H,28,29)/t7?,8-,11?,12+,16-/m1/s1. The van der Waals surface area contributed by atoms with Crippen molar-refractivity contribution in [1.82, 2.24) is 14.5 Å². The van der Waals surface area contributed by atoms with Gasteiger partial charge in [0.05, 0.1) is 11.8 Å². The number of amidine groups is 1. The molecule has 0 amide bonds. The monoisotopic (exact) mass is 435 g/mol. The van der Waals surface area contributed by atoms with Crippen LogP contribution >= 0.6 is 0 Å². The normalized spacial score (nSPS) is 26.1. The van der Waals surface area contributed by atoms with Crippen LogP contribution < -0.4 is 16.5 Å². The lowest BCUT2D eigenvalue weighted by molar-refractivity contribution is -0.153. The number of ether oxygens (including phenoxy) is 2. The molecular weight excluding hydrogens is 414 g/mol. The van der Waals surface area contributed by atoms with Crippen molar-refractivity contribution >= 4 is 34.6 Å². The molecule has 0 aliphatic carbocycles. The summed E-state index contributed by atoms with van der Waals surface area (Å²) in [5.74, 6) is -1.47. The van der Waals surface area contributed by atoms with Crippen molar-refractivity contribution in [3.8, 4) is 0 Å². The first-order chi connectivity index (χ1) is 14.7. The zero-order valence-electron chi connectivity index (χ0n) is 16.3. The van der Waals surface area contributed by atoms with E-state index in [0.717, 1.165) is 0 Å². The second-order valence-corrected chi connectivity index (χ2v) is 7.23. The van der Waals surface area contributed by atoms with E-state index in [9.17, 15) is 19.8 Å². The van der Waals surface area contributed by atoms with Gasteiger partial charge in [-0.15, -0.1) is 0 Å². The van der Waals surface area contributed by atoms with Crippen molar-refractivity contribution in [2.45, 2.75) is 37.0 Å². The number of esters is 1. The summed E-state index contributed by atoms with van der Waals surface area (Å²) in [6.07, 6.45) is -2.50. The van der Waals surface area contributed by atoms with Crippen LogP contribution in [0.5, 0.6) is 0 Å². The maximum atomic E-state index is 11.8. The van der Waals surface area contributed by atoms with Gasteiger partial charge < -0.3 is 40.8 Å². The Morgan fingerprint density at radius 2 is 2.06 bits per heavy atom. The van der Waals surface area contributed by atoms with Crippen LogP contribution in [0, 0.1) is 0 Å². The summed E-state index contributed by atoms with van der Waals surface area (Å²) in [5.41, 5.74) is 12.3. The predicted octanol–water partition coefficient (Wildman–Crippen LogP) is -2.53. The second-order valence-electron chi connectivity index (χ2n) is 7.23. The van der Waals surface area contributed by atoms with Crippen molar-refractivity contribution < 1.29 is 34.4 Å². The van der Waals surface area contributed by atoms with Gasteiger partial charge in [0.25, 0.3) is 0 Å². The van der Waals surface area contributed by atoms with Crippen molar-refractivity contribution in [2.24, 2.45) is 16.6 Å². The third-order valence-corrected chi connectivity index (χ3v) is 5.15. The summed E-state index contributed by atoms with van der Waals surface area (Å²) < 4.78 is 12.2. The van der Waals surface area contributed by atoms with E-state index in [2.05, 4.69) is 15.1 Å². The van der Waals surface area contributed by atoms with Gasteiger partial charge in [-0.1, -0.05) is 0 Å². The number of carbonyl (C=O) groups excluding carboxylic acids is 1. The molecule has 166 valence electrons. The van der Waals surface area contributed by atoms with Crippen LogP contribution in [0.15, 0.2) is 17.6 Å². The molecule has 4 rings (SSSR count). The molecule has 1 fully saturated rings. The van der Waals surface area contributed by atoms with E-state index in [-0.39, 0.29) is 5.84 Å². The van der Waals surface area contributed by atoms with Gasteiger partial charge in [-0.25, -0.2) is 15.0 Å². The van der Waals surface area contributed by atoms with Crippen molar-refractivity contribution in [3.05, 3.63) is 18.1 Å². The van der Waals surface area contributed by atoms with Crippen LogP contribution in [0.1, 0.15) is 18.2 Å². The number of hydrazone groups is 1. The highest BCUT2D eigenvalue weighted by Gasteiger charge is 2.45. The van der Waals surface area contributed by atoms with Gasteiger partial charge in [0.1, 0.15) is 42.9 Å². The number of anilines is 1. The molecule has 4 heterocycles. The molecule has 0 aromatic carbocycles. The molecule has 2 aromatic heterocycles. The summed E-state index contributed by atoms with van der Waals surface area (Å²) in [7, 11) is 1.68. The van der Waals surface area contributed by atoms with Gasteiger partial charge in [0.2, 0.25) is 0 Å². The van der Waals surface area contributed by atoms with Crippen molar-refractivity contribution in [2.75, 3.05) is 18.7 Å². The topological polar surface area (TPSA) is 212 Å². The van der Waals surface area contributed by atoms with Crippen molar-refractivity contribution in [3.63, 3.8) is 0 Å². The van der Waals surface area contributed by atoms with Gasteiger partial charge >= 0.3 is 11.9 Å². The van der Waals surface area contributed by atoms with E-state index >= 15 is 0 Å². The smallest absolute Gasteiger partial charge is 0.321 e. The molecule has 14 nitrogen and oxygen atoms in total. The minimum absolute atomic E-state index is 0.224. The van der Waals surface area contributed by atoms with E-state index in [0.29, 0.717) is 22.4 Å². The Labute approximate surface area is 174 Å². The van der Waals surface area contributed by atoms with Crippen LogP contribution in [-0.4, -0.2) is 85.6 Å². The first-order valence-electron chi connectivity index (χ1n) is 9.28. The number of aliphatic carboxylic acids is 1. The number of carbonyl (C=O) groups is 2. The average Bonchev–Trinajstić information content (AvgIpc) is 3.24. The van der Waals surface area contributed by atoms with Gasteiger partial charge in [0, 0.05) is 18.8 Å². The van der Waals surface area contributed by atoms with Crippen LogP contribution in [-0.2, 0) is 19.1 Å². The van der Waals surface area contributed by atoms with Crippen LogP contribution in [0.4, 0.5) is 5.82 Å². The van der Waals surface area contributed by atoms with Gasteiger partial charge in [0.15, 0.2) is 17.9 Å². The fourth-order valence-electron chi connectivity index (χ4n) is 3.56. The fourth-order valence-corrected chi connectivity index (χ4v) is 3.56. The maximum absolute atomic E-state index is 11.8. The summed E-state index contributed by atoms with van der Waals surface area (Å²) >= 11 is 0. The Balaban J connectivity index is 1.54. The van der Waals surface area contributed by atoms with E-state index in [1.54, 1.807) is 13.2 Å². The molecule has 2 aliphatic rings. The first kappa shape index (κ1) is 20.9. The largest absolute Gasteiger partial charge is 0.480 e. The average molecular weight is 435 g/mol. The fraction of sp³-hybridized carbons (Fsp3) is 0.471. The summed E-state index contributed by atoms with van der Waals surface area (Å²) in [4.78, 5) is 31.0. The summed E-state index contributed by atoms with van der Waals surface area (Å²) in [5, 5.41) is 36.0. The number of aliphatic hydroxyl groups excluding tert-OH is 2. The third kappa shape index (κ3) is 3.54. The van der Waals surface area contributed by atoms with Gasteiger partial charge in [-0.2, -0.15) is 5.10 Å². The maximum Gasteiger partial charge on any atom is 0.321 e. The first-order valence-corrected chi connectivity index (χ1v) is 9.28. The number of nitrogens with two attached hydrogens (primary N) is 2. The lowest BCUT2D eigenvalue weighted by atomic mass is 10.1. The van der Waals surface area contributed by atoms with Gasteiger partial charge in [-0.3, -0.25) is 9.59 Å². The highest BCUT2D eigenvalue weighted by molar-refractivity contribution is 6.13. The molecule has 5 atom stereocenters. The van der Waals surface area contributed by atoms with Crippen molar-refractivity contribution in [1.29, 1.82) is 0 Å². The van der Waals surface area contributed by atoms with E-state index in [1.165, 1.54) is 15.9 Å². The Bertz CT molecular complexity index is 1070. The Morgan fingerprint density at radius 3 is 2.77 bits per heavy atom. The molecule has 0 bridgehead atoms. The molecule has 7 N–H and O–H groups in total. The lowest BCUT2D eigenvalue weighted by Gasteiger charge is -2.19. The Morgan fingerprint density at radius 1 is 1.32 bits per heavy atom. The number of hydrogen-bond donors (Lipinski definition) is 5. The SMILES string of the molecule is CN1N=C(N)c2cn([C@@H]3O[C@H](COC(=O)CC(N)C(=O)O)C(O)[C@@H]3O)c3ncnc1c23. The van der Waals surface area contributed by atoms with Crippen LogP contribution in [0.25, 0.3) is 11.0 Å². The summed E-state index contributed by atoms with van der Waals surface area (Å²) in [6.45, 7) is -0.404. The highest BCUT2D eigenvalue weighted by Crippen LogP contribution is 2.37. The van der Waals surface area contributed by atoms with E-state index in [1.807, 2.05) is 0 Å². The van der Waals surface area contributed by atoms with E-state index in [4.69, 9.17) is 26.0 Å². The summed E-state index contributed by atoms with van der Waals surface area (Å²) in [6, 6.07) is -1.40. The Hall–Kier alpha value is -3.33. The molecular formula is C17H21N7O7. The predicted molar refractivity (Wildman–Crippen MR) is 104 cm³/mol. The number of aliphatic hydroxyl groups is 2. The minimum Gasteiger partial charge on any atom is -0.480 e. The number of carboxylic acids is 1. The lowest BCUT2D eigenvalue weighted by Crippen LogP contribution is -2.36. The number of nitrogens with zero attached hydrogens (tertiary/aromatic N) is 5. The number of carboxylic acid groups (broad SMARTS) is 1. The third-order valence-electron chi connectivity index (χ3n) is 5.15. The number of rotatable bonds is 6. The quantitative estimate of drug-likeness (QED) is 0.297. The van der Waals surface area contributed by atoms with Crippen LogP contribution in [0.2, 0.25) is 0 Å². The molecule has 0 spiro atoms. The van der Waals surface area contributed by atoms with Gasteiger partial charge in [-0.05, 0) is 0 Å². The number of hydrogen-bond acceptors (Lipinski definition) is 12. The Kier molecular flexibility index (Phi) is 5.22. The molecule has 14 heteroatoms. The highest BCUT2D eigenvalue weighted by atomic mass is 16.6. The molecule has 0 radical (unpaired) electrons. The molecule has 2 aromatic rings. The minimum atomic E-state index is -1.40. The van der Waals surface area contributed by atoms with E-state index < -0.39 is 55.5 Å². The molecule has 2 aliphatic heterocycles. The zero-order chi connectivity index (χ0) is 22.4. The molecule has 0 saturated carbocycles. The molecule has 2 unspecified atom stereocenters.